The van der Waals surface area contributed by atoms with Gasteiger partial charge in [-0.1, -0.05) is 30.3 Å². The second kappa shape index (κ2) is 9.09. The van der Waals surface area contributed by atoms with Gasteiger partial charge in [-0.2, -0.15) is 4.72 Å². The minimum Gasteiger partial charge on any atom is -0.453 e. The molecule has 2 aromatic carbocycles. The molecule has 3 aromatic rings. The highest BCUT2D eigenvalue weighted by Crippen LogP contribution is 2.33. The fourth-order valence-corrected chi connectivity index (χ4v) is 4.48. The fraction of sp³-hybridized carbons (Fsp3) is 0.192. The van der Waals surface area contributed by atoms with Gasteiger partial charge in [-0.3, -0.25) is 0 Å². The molecular formula is C26H25N5O3S. The van der Waals surface area contributed by atoms with Gasteiger partial charge in [0, 0.05) is 41.3 Å². The zero-order valence-electron chi connectivity index (χ0n) is 19.7. The van der Waals surface area contributed by atoms with Crippen LogP contribution in [-0.4, -0.2) is 37.9 Å². The number of rotatable bonds is 6. The summed E-state index contributed by atoms with van der Waals surface area (Å²) in [5.74, 6) is 1.22. The van der Waals surface area contributed by atoms with Crippen LogP contribution in [0.1, 0.15) is 12.5 Å². The maximum atomic E-state index is 11.6. The van der Waals surface area contributed by atoms with E-state index < -0.39 is 10.0 Å². The van der Waals surface area contributed by atoms with Crippen molar-refractivity contribution >= 4 is 43.4 Å². The molecule has 0 fully saturated rings. The largest absolute Gasteiger partial charge is 0.453 e. The average Bonchev–Trinajstić information content (AvgIpc) is 2.84. The number of sulfonamides is 1. The van der Waals surface area contributed by atoms with Crippen LogP contribution in [0.4, 0.5) is 11.5 Å². The van der Waals surface area contributed by atoms with Crippen LogP contribution in [0, 0.1) is 6.92 Å². The van der Waals surface area contributed by atoms with Gasteiger partial charge in [0.25, 0.3) is 0 Å². The number of benzene rings is 3. The number of hydrogen-bond donors (Lipinski definition) is 1. The van der Waals surface area contributed by atoms with Crippen LogP contribution in [0.25, 0.3) is 33.3 Å². The van der Waals surface area contributed by atoms with Gasteiger partial charge in [0.1, 0.15) is 11.2 Å². The Morgan fingerprint density at radius 3 is 2.54 bits per heavy atom. The van der Waals surface area contributed by atoms with E-state index in [1.165, 1.54) is 0 Å². The standard InChI is InChI=1S/C26H25N5O3S/c1-4-31(16-28-35(3,32)33)18-13-17(2)25-22(14-18)34-23-15-21(29-24-11-7-8-12-27-24)19-9-5-6-10-20(19)26(23)30-25/h5-15,28H,4,16H2,1-3H3. The third-order valence-electron chi connectivity index (χ3n) is 5.80. The maximum Gasteiger partial charge on any atom is 0.210 e. The third kappa shape index (κ3) is 4.73. The van der Waals surface area contributed by atoms with E-state index >= 15 is 0 Å². The van der Waals surface area contributed by atoms with Gasteiger partial charge >= 0.3 is 0 Å². The van der Waals surface area contributed by atoms with Gasteiger partial charge in [0.2, 0.25) is 10.0 Å². The monoisotopic (exact) mass is 487 g/mol. The van der Waals surface area contributed by atoms with Crippen molar-refractivity contribution in [3.8, 4) is 11.5 Å². The molecule has 1 aromatic heterocycles. The summed E-state index contributed by atoms with van der Waals surface area (Å²) < 4.78 is 32.1. The highest BCUT2D eigenvalue weighted by atomic mass is 32.2. The van der Waals surface area contributed by atoms with Gasteiger partial charge < -0.3 is 9.32 Å². The summed E-state index contributed by atoms with van der Waals surface area (Å²) in [6.45, 7) is 4.73. The number of pyridine rings is 1. The molecule has 1 N–H and O–H groups in total. The third-order valence-corrected chi connectivity index (χ3v) is 6.46. The molecule has 0 saturated heterocycles. The van der Waals surface area contributed by atoms with Gasteiger partial charge in [-0.15, -0.1) is 0 Å². The summed E-state index contributed by atoms with van der Waals surface area (Å²) in [6, 6.07) is 19.4. The van der Waals surface area contributed by atoms with Crippen LogP contribution < -0.4 is 15.0 Å². The van der Waals surface area contributed by atoms with Crippen LogP contribution in [0.3, 0.4) is 0 Å². The lowest BCUT2D eigenvalue weighted by Crippen LogP contribution is -2.37. The van der Waals surface area contributed by atoms with E-state index in [4.69, 9.17) is 14.4 Å². The highest BCUT2D eigenvalue weighted by molar-refractivity contribution is 7.88. The zero-order chi connectivity index (χ0) is 24.6. The van der Waals surface area contributed by atoms with Crippen LogP contribution in [0.2, 0.25) is 0 Å². The number of aryl methyl sites for hydroxylation is 1. The minimum atomic E-state index is -3.31. The number of nitrogens with one attached hydrogen (secondary N) is 1. The first-order valence-corrected chi connectivity index (χ1v) is 13.1. The van der Waals surface area contributed by atoms with Crippen LogP contribution in [0.5, 0.6) is 0 Å². The molecular weight excluding hydrogens is 462 g/mol. The lowest BCUT2D eigenvalue weighted by Gasteiger charge is -2.24. The molecule has 2 heterocycles. The number of aromatic nitrogens is 2. The number of anilines is 1. The van der Waals surface area contributed by atoms with Crippen molar-refractivity contribution in [1.29, 1.82) is 0 Å². The van der Waals surface area contributed by atoms with Gasteiger partial charge in [-0.25, -0.2) is 23.4 Å². The molecule has 2 aliphatic rings. The normalized spacial score (nSPS) is 12.6. The van der Waals surface area contributed by atoms with Crippen molar-refractivity contribution < 1.29 is 12.8 Å². The zero-order valence-corrected chi connectivity index (χ0v) is 20.5. The molecule has 178 valence electrons. The predicted octanol–water partition coefficient (Wildman–Crippen LogP) is 4.35. The number of nitrogens with zero attached hydrogens (tertiary/aromatic N) is 4. The van der Waals surface area contributed by atoms with Crippen molar-refractivity contribution in [2.24, 2.45) is 4.99 Å². The van der Waals surface area contributed by atoms with E-state index in [9.17, 15) is 8.42 Å². The molecule has 0 unspecified atom stereocenters. The molecule has 0 atom stereocenters. The van der Waals surface area contributed by atoms with E-state index in [0.29, 0.717) is 23.7 Å². The lowest BCUT2D eigenvalue weighted by atomic mass is 10.0. The van der Waals surface area contributed by atoms with Crippen molar-refractivity contribution in [3.63, 3.8) is 0 Å². The quantitative estimate of drug-likeness (QED) is 0.217. The van der Waals surface area contributed by atoms with Crippen LogP contribution >= 0.6 is 0 Å². The number of hydrogen-bond acceptors (Lipinski definition) is 7. The van der Waals surface area contributed by atoms with Crippen molar-refractivity contribution in [2.75, 3.05) is 24.4 Å². The summed E-state index contributed by atoms with van der Waals surface area (Å²) in [6.07, 6.45) is 2.86. The molecule has 9 heteroatoms. The van der Waals surface area contributed by atoms with Gasteiger partial charge in [-0.05, 0) is 37.6 Å². The number of fused-ring (bicyclic) bond motifs is 4. The van der Waals surface area contributed by atoms with Gasteiger partial charge in [0.05, 0.1) is 18.3 Å². The molecule has 0 saturated carbocycles. The fourth-order valence-electron chi connectivity index (χ4n) is 4.09. The Kier molecular flexibility index (Phi) is 5.96. The smallest absolute Gasteiger partial charge is 0.210 e. The van der Waals surface area contributed by atoms with Crippen LogP contribution in [0.15, 0.2) is 76.3 Å². The molecule has 8 nitrogen and oxygen atoms in total. The molecule has 1 aliphatic heterocycles. The molecule has 35 heavy (non-hydrogen) atoms. The Labute approximate surface area is 203 Å². The molecule has 5 rings (SSSR count). The summed E-state index contributed by atoms with van der Waals surface area (Å²) >= 11 is 0. The maximum absolute atomic E-state index is 11.6. The van der Waals surface area contributed by atoms with E-state index in [1.54, 1.807) is 6.20 Å². The second-order valence-electron chi connectivity index (χ2n) is 8.34. The van der Waals surface area contributed by atoms with Gasteiger partial charge in [0.15, 0.2) is 17.2 Å². The Balaban J connectivity index is 1.72. The Morgan fingerprint density at radius 2 is 1.83 bits per heavy atom. The Bertz CT molecular complexity index is 1680. The first kappa shape index (κ1) is 22.9. The van der Waals surface area contributed by atoms with E-state index in [0.717, 1.165) is 44.8 Å². The minimum absolute atomic E-state index is 0.166. The topological polar surface area (TPSA) is 101 Å². The van der Waals surface area contributed by atoms with E-state index in [-0.39, 0.29) is 6.67 Å². The molecule has 0 amide bonds. The molecule has 0 bridgehead atoms. The second-order valence-corrected chi connectivity index (χ2v) is 10.2. The summed E-state index contributed by atoms with van der Waals surface area (Å²) in [5, 5.41) is 2.66. The summed E-state index contributed by atoms with van der Waals surface area (Å²) in [7, 11) is -3.31. The van der Waals surface area contributed by atoms with Crippen molar-refractivity contribution in [1.82, 2.24) is 14.7 Å². The first-order chi connectivity index (χ1) is 16.8. The van der Waals surface area contributed by atoms with Crippen LogP contribution in [-0.2, 0) is 10.0 Å². The SMILES string of the molecule is CCN(CNS(C)(=O)=O)c1cc(C)c2nc3c4ccccc4c(=Nc4ccccn4)cc-3oc2c1. The molecule has 0 radical (unpaired) electrons. The summed E-state index contributed by atoms with van der Waals surface area (Å²) in [5.41, 5.74) is 3.91. The van der Waals surface area contributed by atoms with E-state index in [2.05, 4.69) is 9.71 Å². The van der Waals surface area contributed by atoms with E-state index in [1.807, 2.05) is 79.4 Å². The highest BCUT2D eigenvalue weighted by Gasteiger charge is 2.18. The Morgan fingerprint density at radius 1 is 1.06 bits per heavy atom. The predicted molar refractivity (Wildman–Crippen MR) is 138 cm³/mol. The molecule has 0 spiro atoms. The van der Waals surface area contributed by atoms with Crippen molar-refractivity contribution in [3.05, 3.63) is 77.8 Å². The molecule has 1 aliphatic carbocycles. The first-order valence-electron chi connectivity index (χ1n) is 11.2. The Hall–Kier alpha value is -3.82. The summed E-state index contributed by atoms with van der Waals surface area (Å²) in [4.78, 5) is 16.0. The average molecular weight is 488 g/mol. The lowest BCUT2D eigenvalue weighted by molar-refractivity contribution is 0.585. The van der Waals surface area contributed by atoms with Crippen molar-refractivity contribution in [2.45, 2.75) is 13.8 Å².